The normalized spacial score (nSPS) is 16.7. The van der Waals surface area contributed by atoms with Gasteiger partial charge in [-0.1, -0.05) is 19.3 Å². The topological polar surface area (TPSA) is 95.2 Å². The minimum Gasteiger partial charge on any atom is -0.395 e. The fraction of sp³-hybridized carbons (Fsp3) is 0.667. The van der Waals surface area contributed by atoms with Crippen LogP contribution in [0.25, 0.3) is 0 Å². The van der Waals surface area contributed by atoms with Gasteiger partial charge >= 0.3 is 0 Å². The second kappa shape index (κ2) is 5.86. The van der Waals surface area contributed by atoms with E-state index >= 15 is 0 Å². The van der Waals surface area contributed by atoms with Gasteiger partial charge in [-0.2, -0.15) is 5.10 Å². The van der Waals surface area contributed by atoms with Crippen molar-refractivity contribution in [2.45, 2.75) is 38.1 Å². The van der Waals surface area contributed by atoms with Crippen molar-refractivity contribution in [2.75, 3.05) is 18.9 Å². The number of anilines is 1. The maximum absolute atomic E-state index is 12.4. The minimum atomic E-state index is -0.137. The van der Waals surface area contributed by atoms with E-state index in [4.69, 9.17) is 10.8 Å². The molecule has 0 saturated heterocycles. The number of rotatable bonds is 4. The number of H-pyrrole nitrogens is 1. The van der Waals surface area contributed by atoms with Gasteiger partial charge in [0.2, 0.25) is 0 Å². The molecule has 1 saturated carbocycles. The highest BCUT2D eigenvalue weighted by atomic mass is 16.3. The van der Waals surface area contributed by atoms with Crippen LogP contribution >= 0.6 is 0 Å². The zero-order valence-electron chi connectivity index (χ0n) is 10.4. The minimum absolute atomic E-state index is 0.0278. The molecule has 100 valence electrons. The molecule has 0 bridgehead atoms. The number of nitrogen functional groups attached to an aromatic ring is 1. The number of aliphatic hydroxyl groups excluding tert-OH is 1. The Bertz CT molecular complexity index is 399. The molecule has 0 aliphatic heterocycles. The van der Waals surface area contributed by atoms with Gasteiger partial charge in [0.15, 0.2) is 0 Å². The molecule has 1 aliphatic carbocycles. The predicted molar refractivity (Wildman–Crippen MR) is 68.0 cm³/mol. The van der Waals surface area contributed by atoms with Crippen molar-refractivity contribution in [3.05, 3.63) is 11.8 Å². The Morgan fingerprint density at radius 3 is 2.78 bits per heavy atom. The molecule has 0 radical (unpaired) electrons. The van der Waals surface area contributed by atoms with Crippen LogP contribution in [0.4, 0.5) is 5.82 Å². The number of carbonyl (C=O) groups excluding carboxylic acids is 1. The summed E-state index contributed by atoms with van der Waals surface area (Å²) < 4.78 is 0. The summed E-state index contributed by atoms with van der Waals surface area (Å²) in [4.78, 5) is 14.1. The van der Waals surface area contributed by atoms with Crippen LogP contribution in [0, 0.1) is 0 Å². The van der Waals surface area contributed by atoms with Crippen molar-refractivity contribution in [3.63, 3.8) is 0 Å². The first-order valence-corrected chi connectivity index (χ1v) is 6.44. The van der Waals surface area contributed by atoms with Gasteiger partial charge in [-0.15, -0.1) is 0 Å². The molecule has 0 atom stereocenters. The summed E-state index contributed by atoms with van der Waals surface area (Å²) in [6.45, 7) is 0.327. The van der Waals surface area contributed by atoms with E-state index in [-0.39, 0.29) is 18.6 Å². The summed E-state index contributed by atoms with van der Waals surface area (Å²) in [5.74, 6) is 0.154. The lowest BCUT2D eigenvalue weighted by atomic mass is 9.94. The number of nitrogens with one attached hydrogen (secondary N) is 1. The average Bonchev–Trinajstić information content (AvgIpc) is 2.82. The van der Waals surface area contributed by atoms with E-state index in [0.29, 0.717) is 17.9 Å². The summed E-state index contributed by atoms with van der Waals surface area (Å²) in [7, 11) is 0. The van der Waals surface area contributed by atoms with Crippen LogP contribution in [0.2, 0.25) is 0 Å². The van der Waals surface area contributed by atoms with Crippen LogP contribution in [0.15, 0.2) is 6.20 Å². The molecule has 0 unspecified atom stereocenters. The summed E-state index contributed by atoms with van der Waals surface area (Å²) in [6.07, 6.45) is 6.96. The number of nitrogens with zero attached hydrogens (tertiary/aromatic N) is 2. The van der Waals surface area contributed by atoms with Crippen LogP contribution in [0.3, 0.4) is 0 Å². The van der Waals surface area contributed by atoms with E-state index in [2.05, 4.69) is 10.2 Å². The fourth-order valence-corrected chi connectivity index (χ4v) is 2.57. The summed E-state index contributed by atoms with van der Waals surface area (Å²) in [5, 5.41) is 15.5. The number of aromatic amines is 1. The summed E-state index contributed by atoms with van der Waals surface area (Å²) in [5.41, 5.74) is 6.07. The molecule has 1 aliphatic rings. The lowest BCUT2D eigenvalue weighted by Crippen LogP contribution is -2.43. The molecular formula is C12H20N4O2. The highest BCUT2D eigenvalue weighted by Crippen LogP contribution is 2.24. The third-order valence-electron chi connectivity index (χ3n) is 3.52. The first-order valence-electron chi connectivity index (χ1n) is 6.44. The standard InChI is InChI=1S/C12H20N4O2/c13-11-10(8-14-15-11)12(18)16(6-7-17)9-4-2-1-3-5-9/h8-9,17H,1-7H2,(H3,13,14,15). The Balaban J connectivity index is 2.13. The quantitative estimate of drug-likeness (QED) is 0.737. The molecule has 4 N–H and O–H groups in total. The summed E-state index contributed by atoms with van der Waals surface area (Å²) >= 11 is 0. The molecule has 2 rings (SSSR count). The van der Waals surface area contributed by atoms with Crippen LogP contribution in [-0.4, -0.2) is 45.3 Å². The maximum atomic E-state index is 12.4. The maximum Gasteiger partial charge on any atom is 0.259 e. The molecule has 1 aromatic heterocycles. The lowest BCUT2D eigenvalue weighted by molar-refractivity contribution is 0.0586. The van der Waals surface area contributed by atoms with Crippen LogP contribution in [0.5, 0.6) is 0 Å². The monoisotopic (exact) mass is 252 g/mol. The van der Waals surface area contributed by atoms with E-state index < -0.39 is 0 Å². The third-order valence-corrected chi connectivity index (χ3v) is 3.52. The molecule has 6 heteroatoms. The van der Waals surface area contributed by atoms with Crippen molar-refractivity contribution in [3.8, 4) is 0 Å². The van der Waals surface area contributed by atoms with E-state index in [1.54, 1.807) is 4.90 Å². The van der Waals surface area contributed by atoms with E-state index in [1.807, 2.05) is 0 Å². The Morgan fingerprint density at radius 2 is 2.22 bits per heavy atom. The molecule has 6 nitrogen and oxygen atoms in total. The predicted octanol–water partition coefficient (Wildman–Crippen LogP) is 0.759. The van der Waals surface area contributed by atoms with Crippen LogP contribution in [-0.2, 0) is 0 Å². The third kappa shape index (κ3) is 2.64. The number of aliphatic hydroxyl groups is 1. The van der Waals surface area contributed by atoms with Gasteiger partial charge in [0.1, 0.15) is 11.4 Å². The van der Waals surface area contributed by atoms with Crippen molar-refractivity contribution in [1.82, 2.24) is 15.1 Å². The smallest absolute Gasteiger partial charge is 0.259 e. The zero-order valence-corrected chi connectivity index (χ0v) is 10.4. The number of hydrogen-bond acceptors (Lipinski definition) is 4. The second-order valence-electron chi connectivity index (χ2n) is 4.71. The van der Waals surface area contributed by atoms with Crippen LogP contribution in [0.1, 0.15) is 42.5 Å². The van der Waals surface area contributed by atoms with Crippen molar-refractivity contribution in [2.24, 2.45) is 0 Å². The largest absolute Gasteiger partial charge is 0.395 e. The van der Waals surface area contributed by atoms with Crippen molar-refractivity contribution < 1.29 is 9.90 Å². The van der Waals surface area contributed by atoms with Gasteiger partial charge in [-0.3, -0.25) is 9.89 Å². The summed E-state index contributed by atoms with van der Waals surface area (Å²) in [6, 6.07) is 0.215. The Morgan fingerprint density at radius 1 is 1.50 bits per heavy atom. The van der Waals surface area contributed by atoms with Gasteiger partial charge in [0.05, 0.1) is 12.8 Å². The Labute approximate surface area is 106 Å². The molecular weight excluding hydrogens is 232 g/mol. The highest BCUT2D eigenvalue weighted by Gasteiger charge is 2.27. The Kier molecular flexibility index (Phi) is 4.19. The molecule has 1 amide bonds. The molecule has 0 aromatic carbocycles. The number of amides is 1. The Hall–Kier alpha value is -1.56. The number of nitrogens with two attached hydrogens (primary N) is 1. The van der Waals surface area contributed by atoms with Crippen molar-refractivity contribution in [1.29, 1.82) is 0 Å². The van der Waals surface area contributed by atoms with Gasteiger partial charge in [-0.25, -0.2) is 0 Å². The first-order chi connectivity index (χ1) is 8.74. The SMILES string of the molecule is Nc1[nH]ncc1C(=O)N(CCO)C1CCCCC1. The lowest BCUT2D eigenvalue weighted by Gasteiger charge is -2.33. The van der Waals surface area contributed by atoms with Gasteiger partial charge < -0.3 is 15.7 Å². The average molecular weight is 252 g/mol. The van der Waals surface area contributed by atoms with Gasteiger partial charge in [-0.05, 0) is 12.8 Å². The zero-order chi connectivity index (χ0) is 13.0. The number of hydrogen-bond donors (Lipinski definition) is 3. The van der Waals surface area contributed by atoms with E-state index in [0.717, 1.165) is 25.7 Å². The molecule has 0 spiro atoms. The molecule has 1 heterocycles. The second-order valence-corrected chi connectivity index (χ2v) is 4.71. The first kappa shape index (κ1) is 12.9. The van der Waals surface area contributed by atoms with Crippen LogP contribution < -0.4 is 5.73 Å². The fourth-order valence-electron chi connectivity index (χ4n) is 2.57. The van der Waals surface area contributed by atoms with Gasteiger partial charge in [0.25, 0.3) is 5.91 Å². The molecule has 1 fully saturated rings. The highest BCUT2D eigenvalue weighted by molar-refractivity contribution is 5.98. The number of aromatic nitrogens is 2. The molecule has 18 heavy (non-hydrogen) atoms. The van der Waals surface area contributed by atoms with Gasteiger partial charge in [0, 0.05) is 12.6 Å². The van der Waals surface area contributed by atoms with E-state index in [9.17, 15) is 4.79 Å². The number of carbonyl (C=O) groups is 1. The van der Waals surface area contributed by atoms with Crippen molar-refractivity contribution >= 4 is 11.7 Å². The molecule has 1 aromatic rings. The van der Waals surface area contributed by atoms with E-state index in [1.165, 1.54) is 12.6 Å².